The Balaban J connectivity index is 1.62. The van der Waals surface area contributed by atoms with Crippen LogP contribution >= 0.6 is 0 Å². The molecule has 3 rings (SSSR count). The molecule has 1 saturated heterocycles. The second-order valence-corrected chi connectivity index (χ2v) is 5.78. The summed E-state index contributed by atoms with van der Waals surface area (Å²) in [6.45, 7) is 3.07. The maximum Gasteiger partial charge on any atom is 0.269 e. The number of fused-ring (bicyclic) bond motifs is 1. The number of hydrogen-bond acceptors (Lipinski definition) is 4. The van der Waals surface area contributed by atoms with Crippen LogP contribution in [0.2, 0.25) is 0 Å². The summed E-state index contributed by atoms with van der Waals surface area (Å²) < 4.78 is 0. The molecule has 0 bridgehead atoms. The summed E-state index contributed by atoms with van der Waals surface area (Å²) in [5.41, 5.74) is 7.42. The molecule has 2 N–H and O–H groups in total. The molecule has 3 atom stereocenters. The van der Waals surface area contributed by atoms with Gasteiger partial charge in [0.05, 0.1) is 4.92 Å². The van der Waals surface area contributed by atoms with E-state index in [1.807, 2.05) is 12.1 Å². The van der Waals surface area contributed by atoms with Gasteiger partial charge in [0, 0.05) is 37.8 Å². The molecule has 1 saturated carbocycles. The third-order valence-corrected chi connectivity index (χ3v) is 4.54. The van der Waals surface area contributed by atoms with Crippen molar-refractivity contribution in [3.63, 3.8) is 0 Å². The van der Waals surface area contributed by atoms with E-state index in [1.165, 1.54) is 12.8 Å². The second-order valence-electron chi connectivity index (χ2n) is 5.78. The molecule has 1 heterocycles. The summed E-state index contributed by atoms with van der Waals surface area (Å²) in [7, 11) is 0. The molecule has 1 aliphatic heterocycles. The highest BCUT2D eigenvalue weighted by molar-refractivity contribution is 5.32. The summed E-state index contributed by atoms with van der Waals surface area (Å²) in [6.07, 6.45) is 2.42. The Kier molecular flexibility index (Phi) is 3.24. The van der Waals surface area contributed by atoms with E-state index in [0.717, 1.165) is 31.1 Å². The molecule has 1 aliphatic carbocycles. The van der Waals surface area contributed by atoms with Crippen LogP contribution in [0.25, 0.3) is 0 Å². The van der Waals surface area contributed by atoms with Crippen molar-refractivity contribution in [3.8, 4) is 0 Å². The first-order chi connectivity index (χ1) is 9.13. The van der Waals surface area contributed by atoms with Gasteiger partial charge in [-0.2, -0.15) is 0 Å². The van der Waals surface area contributed by atoms with Gasteiger partial charge in [-0.15, -0.1) is 0 Å². The fourth-order valence-electron chi connectivity index (χ4n) is 3.51. The molecule has 5 nitrogen and oxygen atoms in total. The molecule has 1 aromatic carbocycles. The minimum Gasteiger partial charge on any atom is -0.327 e. The van der Waals surface area contributed by atoms with Crippen LogP contribution in [0.5, 0.6) is 0 Å². The fraction of sp³-hybridized carbons (Fsp3) is 0.571. The van der Waals surface area contributed by atoms with Crippen LogP contribution in [0.1, 0.15) is 18.4 Å². The van der Waals surface area contributed by atoms with E-state index in [-0.39, 0.29) is 10.6 Å². The molecule has 0 radical (unpaired) electrons. The highest BCUT2D eigenvalue weighted by Gasteiger charge is 2.40. The molecule has 102 valence electrons. The lowest BCUT2D eigenvalue weighted by Crippen LogP contribution is -2.30. The van der Waals surface area contributed by atoms with Crippen molar-refractivity contribution >= 4 is 5.69 Å². The molecule has 19 heavy (non-hydrogen) atoms. The summed E-state index contributed by atoms with van der Waals surface area (Å²) in [4.78, 5) is 12.7. The van der Waals surface area contributed by atoms with Gasteiger partial charge >= 0.3 is 0 Å². The predicted octanol–water partition coefficient (Wildman–Crippen LogP) is 1.76. The van der Waals surface area contributed by atoms with E-state index in [2.05, 4.69) is 4.90 Å². The van der Waals surface area contributed by atoms with Gasteiger partial charge in [0.1, 0.15) is 0 Å². The minimum absolute atomic E-state index is 0.157. The fourth-order valence-corrected chi connectivity index (χ4v) is 3.51. The van der Waals surface area contributed by atoms with E-state index in [1.54, 1.807) is 12.1 Å². The average molecular weight is 261 g/mol. The van der Waals surface area contributed by atoms with Crippen molar-refractivity contribution in [2.45, 2.75) is 25.4 Å². The second kappa shape index (κ2) is 4.90. The Bertz CT molecular complexity index is 474. The third-order valence-electron chi connectivity index (χ3n) is 4.54. The van der Waals surface area contributed by atoms with Crippen molar-refractivity contribution in [2.24, 2.45) is 17.6 Å². The van der Waals surface area contributed by atoms with Crippen molar-refractivity contribution in [2.75, 3.05) is 13.1 Å². The van der Waals surface area contributed by atoms with Gasteiger partial charge in [-0.1, -0.05) is 12.1 Å². The van der Waals surface area contributed by atoms with Gasteiger partial charge in [0.25, 0.3) is 5.69 Å². The minimum atomic E-state index is -0.358. The predicted molar refractivity (Wildman–Crippen MR) is 72.6 cm³/mol. The number of nitro benzene ring substituents is 1. The smallest absolute Gasteiger partial charge is 0.269 e. The first-order valence-corrected chi connectivity index (χ1v) is 6.85. The summed E-state index contributed by atoms with van der Waals surface area (Å²) in [5.74, 6) is 1.41. The molecule has 2 aliphatic rings. The standard InChI is InChI=1S/C14H19N3O2/c15-14-6-3-11-8-16(9-13(11)14)7-10-1-4-12(5-2-10)17(18)19/h1-2,4-5,11,13-14H,3,6-9,15H2. The van der Waals surface area contributed by atoms with Crippen LogP contribution in [0, 0.1) is 22.0 Å². The van der Waals surface area contributed by atoms with E-state index in [4.69, 9.17) is 5.73 Å². The summed E-state index contributed by atoms with van der Waals surface area (Å²) >= 11 is 0. The highest BCUT2D eigenvalue weighted by Crippen LogP contribution is 2.37. The largest absolute Gasteiger partial charge is 0.327 e. The average Bonchev–Trinajstić information content (AvgIpc) is 2.93. The van der Waals surface area contributed by atoms with E-state index < -0.39 is 0 Å². The van der Waals surface area contributed by atoms with Crippen LogP contribution in [-0.4, -0.2) is 29.0 Å². The first-order valence-electron chi connectivity index (χ1n) is 6.85. The molecule has 0 spiro atoms. The summed E-state index contributed by atoms with van der Waals surface area (Å²) in [5, 5.41) is 10.6. The number of nitrogens with zero attached hydrogens (tertiary/aromatic N) is 2. The molecule has 5 heteroatoms. The molecule has 1 aromatic rings. The topological polar surface area (TPSA) is 72.4 Å². The molecule has 2 fully saturated rings. The van der Waals surface area contributed by atoms with E-state index in [9.17, 15) is 10.1 Å². The quantitative estimate of drug-likeness (QED) is 0.664. The Morgan fingerprint density at radius 2 is 2.00 bits per heavy atom. The first kappa shape index (κ1) is 12.6. The lowest BCUT2D eigenvalue weighted by Gasteiger charge is -2.18. The number of benzene rings is 1. The molecular formula is C14H19N3O2. The summed E-state index contributed by atoms with van der Waals surface area (Å²) in [6, 6.07) is 7.24. The van der Waals surface area contributed by atoms with E-state index >= 15 is 0 Å². The monoisotopic (exact) mass is 261 g/mol. The lowest BCUT2D eigenvalue weighted by molar-refractivity contribution is -0.384. The zero-order valence-corrected chi connectivity index (χ0v) is 10.9. The van der Waals surface area contributed by atoms with Crippen LogP contribution in [-0.2, 0) is 6.54 Å². The van der Waals surface area contributed by atoms with Crippen molar-refractivity contribution in [3.05, 3.63) is 39.9 Å². The Morgan fingerprint density at radius 1 is 1.26 bits per heavy atom. The molecular weight excluding hydrogens is 242 g/mol. The Labute approximate surface area is 112 Å². The number of rotatable bonds is 3. The van der Waals surface area contributed by atoms with Crippen LogP contribution in [0.4, 0.5) is 5.69 Å². The maximum atomic E-state index is 10.6. The van der Waals surface area contributed by atoms with Gasteiger partial charge < -0.3 is 5.73 Å². The number of nitro groups is 1. The number of nitrogens with two attached hydrogens (primary N) is 1. The third kappa shape index (κ3) is 2.48. The van der Waals surface area contributed by atoms with Crippen molar-refractivity contribution in [1.82, 2.24) is 4.90 Å². The van der Waals surface area contributed by atoms with Gasteiger partial charge in [-0.3, -0.25) is 15.0 Å². The Hall–Kier alpha value is -1.46. The highest BCUT2D eigenvalue weighted by atomic mass is 16.6. The van der Waals surface area contributed by atoms with E-state index in [0.29, 0.717) is 12.0 Å². The Morgan fingerprint density at radius 3 is 2.63 bits per heavy atom. The zero-order valence-electron chi connectivity index (χ0n) is 10.9. The maximum absolute atomic E-state index is 10.6. The zero-order chi connectivity index (χ0) is 13.4. The number of hydrogen-bond donors (Lipinski definition) is 1. The number of non-ortho nitro benzene ring substituents is 1. The van der Waals surface area contributed by atoms with Gasteiger partial charge in [-0.05, 0) is 30.2 Å². The lowest BCUT2D eigenvalue weighted by atomic mass is 9.98. The number of likely N-dealkylation sites (tertiary alicyclic amines) is 1. The van der Waals surface area contributed by atoms with Gasteiger partial charge in [-0.25, -0.2) is 0 Å². The van der Waals surface area contributed by atoms with Gasteiger partial charge in [0.2, 0.25) is 0 Å². The molecule has 3 unspecified atom stereocenters. The van der Waals surface area contributed by atoms with Crippen LogP contribution in [0.3, 0.4) is 0 Å². The van der Waals surface area contributed by atoms with Crippen molar-refractivity contribution in [1.29, 1.82) is 0 Å². The van der Waals surface area contributed by atoms with Crippen LogP contribution < -0.4 is 5.73 Å². The SMILES string of the molecule is NC1CCC2CN(Cc3ccc([N+](=O)[O-])cc3)CC12. The molecule has 0 amide bonds. The molecule has 0 aromatic heterocycles. The van der Waals surface area contributed by atoms with Crippen LogP contribution in [0.15, 0.2) is 24.3 Å². The van der Waals surface area contributed by atoms with Gasteiger partial charge in [0.15, 0.2) is 0 Å². The van der Waals surface area contributed by atoms with Crippen molar-refractivity contribution < 1.29 is 4.92 Å². The normalized spacial score (nSPS) is 30.5.